The van der Waals surface area contributed by atoms with E-state index in [1.807, 2.05) is 45.6 Å². The zero-order valence-corrected chi connectivity index (χ0v) is 11.1. The van der Waals surface area contributed by atoms with Crippen LogP contribution in [0.1, 0.15) is 0 Å². The van der Waals surface area contributed by atoms with Crippen molar-refractivity contribution in [1.82, 2.24) is 19.1 Å². The SMILES string of the molecule is c1ccc2c(c1)cnn2Pn1ncc2ccccc21. The van der Waals surface area contributed by atoms with Crippen LogP contribution in [0.25, 0.3) is 21.8 Å². The lowest BCUT2D eigenvalue weighted by molar-refractivity contribution is 0.959. The summed E-state index contributed by atoms with van der Waals surface area (Å²) in [7, 11) is 0.344. The summed E-state index contributed by atoms with van der Waals surface area (Å²) in [5.74, 6) is 0. The lowest BCUT2D eigenvalue weighted by Gasteiger charge is -2.04. The van der Waals surface area contributed by atoms with Crippen molar-refractivity contribution < 1.29 is 0 Å². The van der Waals surface area contributed by atoms with Crippen LogP contribution in [0.3, 0.4) is 0 Å². The Balaban J connectivity index is 1.82. The van der Waals surface area contributed by atoms with Gasteiger partial charge in [-0.05, 0) is 12.1 Å². The second kappa shape index (κ2) is 4.18. The van der Waals surface area contributed by atoms with Gasteiger partial charge in [-0.15, -0.1) is 0 Å². The molecule has 92 valence electrons. The molecule has 0 saturated heterocycles. The second-order valence-corrected chi connectivity index (χ2v) is 5.38. The largest absolute Gasteiger partial charge is 0.225 e. The Morgan fingerprint density at radius 2 is 1.16 bits per heavy atom. The molecule has 0 saturated carbocycles. The van der Waals surface area contributed by atoms with Gasteiger partial charge in [-0.1, -0.05) is 36.4 Å². The van der Waals surface area contributed by atoms with Gasteiger partial charge in [0.1, 0.15) is 8.88 Å². The van der Waals surface area contributed by atoms with Crippen LogP contribution in [0, 0.1) is 0 Å². The summed E-state index contributed by atoms with van der Waals surface area (Å²) in [5, 5.41) is 11.2. The van der Waals surface area contributed by atoms with Crippen molar-refractivity contribution in [2.45, 2.75) is 0 Å². The van der Waals surface area contributed by atoms with E-state index in [0.29, 0.717) is 8.88 Å². The van der Waals surface area contributed by atoms with Crippen LogP contribution in [-0.4, -0.2) is 19.1 Å². The number of aromatic nitrogens is 4. The first-order valence-electron chi connectivity index (χ1n) is 6.04. The summed E-state index contributed by atoms with van der Waals surface area (Å²) < 4.78 is 3.99. The highest BCUT2D eigenvalue weighted by Crippen LogP contribution is 2.26. The molecule has 0 unspecified atom stereocenters. The molecule has 4 aromatic rings. The highest BCUT2D eigenvalue weighted by Gasteiger charge is 2.05. The van der Waals surface area contributed by atoms with Crippen molar-refractivity contribution >= 4 is 30.7 Å². The predicted octanol–water partition coefficient (Wildman–Crippen LogP) is 3.29. The molecule has 0 amide bonds. The molecule has 0 atom stereocenters. The van der Waals surface area contributed by atoms with Crippen LogP contribution in [0.4, 0.5) is 0 Å². The molecule has 4 nitrogen and oxygen atoms in total. The van der Waals surface area contributed by atoms with Crippen LogP contribution in [-0.2, 0) is 0 Å². The number of fused-ring (bicyclic) bond motifs is 2. The third-order valence-electron chi connectivity index (χ3n) is 3.14. The highest BCUT2D eigenvalue weighted by molar-refractivity contribution is 7.34. The van der Waals surface area contributed by atoms with E-state index in [2.05, 4.69) is 34.5 Å². The van der Waals surface area contributed by atoms with Crippen LogP contribution in [0.2, 0.25) is 0 Å². The van der Waals surface area contributed by atoms with Gasteiger partial charge in [-0.2, -0.15) is 10.2 Å². The fraction of sp³-hybridized carbons (Fsp3) is 0. The van der Waals surface area contributed by atoms with Crippen molar-refractivity contribution in [2.75, 3.05) is 0 Å². The molecule has 0 spiro atoms. The van der Waals surface area contributed by atoms with Crippen molar-refractivity contribution in [3.63, 3.8) is 0 Å². The molecule has 4 rings (SSSR count). The molecule has 0 aliphatic heterocycles. The number of hydrogen-bond donors (Lipinski definition) is 0. The Morgan fingerprint density at radius 1 is 0.684 bits per heavy atom. The molecule has 0 bridgehead atoms. The zero-order chi connectivity index (χ0) is 12.7. The molecule has 2 aromatic carbocycles. The van der Waals surface area contributed by atoms with Gasteiger partial charge in [-0.25, -0.2) is 8.90 Å². The summed E-state index contributed by atoms with van der Waals surface area (Å²) in [6.07, 6.45) is 3.79. The van der Waals surface area contributed by atoms with Crippen molar-refractivity contribution in [3.05, 3.63) is 60.9 Å². The number of rotatable bonds is 2. The number of benzene rings is 2. The van der Waals surface area contributed by atoms with Gasteiger partial charge in [0.15, 0.2) is 0 Å². The summed E-state index contributed by atoms with van der Waals surface area (Å²) in [4.78, 5) is 0. The van der Waals surface area contributed by atoms with Gasteiger partial charge < -0.3 is 0 Å². The average Bonchev–Trinajstić information content (AvgIpc) is 3.05. The van der Waals surface area contributed by atoms with Gasteiger partial charge in [0.25, 0.3) is 0 Å². The molecule has 5 heteroatoms. The topological polar surface area (TPSA) is 35.6 Å². The Bertz CT molecular complexity index is 790. The maximum absolute atomic E-state index is 4.45. The maximum Gasteiger partial charge on any atom is 0.127 e. The van der Waals surface area contributed by atoms with Gasteiger partial charge in [0, 0.05) is 10.8 Å². The molecular weight excluding hydrogens is 255 g/mol. The Kier molecular flexibility index (Phi) is 2.35. The van der Waals surface area contributed by atoms with Gasteiger partial charge in [0.2, 0.25) is 0 Å². The summed E-state index contributed by atoms with van der Waals surface area (Å²) in [5.41, 5.74) is 2.28. The molecule has 0 radical (unpaired) electrons. The molecule has 2 heterocycles. The van der Waals surface area contributed by atoms with E-state index >= 15 is 0 Å². The average molecular weight is 266 g/mol. The number of para-hydroxylation sites is 2. The molecule has 0 aliphatic carbocycles. The molecule has 0 N–H and O–H groups in total. The Hall–Kier alpha value is -2.19. The van der Waals surface area contributed by atoms with E-state index in [-0.39, 0.29) is 0 Å². The quantitative estimate of drug-likeness (QED) is 0.522. The summed E-state index contributed by atoms with van der Waals surface area (Å²) in [6, 6.07) is 16.4. The van der Waals surface area contributed by atoms with E-state index in [9.17, 15) is 0 Å². The molecule has 0 aliphatic rings. The van der Waals surface area contributed by atoms with Gasteiger partial charge in [0.05, 0.1) is 23.4 Å². The second-order valence-electron chi connectivity index (χ2n) is 4.33. The number of nitrogens with zero attached hydrogens (tertiary/aromatic N) is 4. The maximum atomic E-state index is 4.45. The monoisotopic (exact) mass is 266 g/mol. The predicted molar refractivity (Wildman–Crippen MR) is 78.6 cm³/mol. The summed E-state index contributed by atoms with van der Waals surface area (Å²) in [6.45, 7) is 0. The van der Waals surface area contributed by atoms with E-state index in [0.717, 1.165) is 21.8 Å². The molecular formula is C14H11N4P. The lowest BCUT2D eigenvalue weighted by Crippen LogP contribution is -1.94. The third kappa shape index (κ3) is 1.72. The summed E-state index contributed by atoms with van der Waals surface area (Å²) >= 11 is 0. The van der Waals surface area contributed by atoms with Gasteiger partial charge >= 0.3 is 0 Å². The lowest BCUT2D eigenvalue weighted by atomic mass is 10.3. The van der Waals surface area contributed by atoms with Crippen LogP contribution < -0.4 is 0 Å². The van der Waals surface area contributed by atoms with Crippen molar-refractivity contribution in [1.29, 1.82) is 0 Å². The fourth-order valence-electron chi connectivity index (χ4n) is 2.19. The van der Waals surface area contributed by atoms with Crippen molar-refractivity contribution in [2.24, 2.45) is 0 Å². The molecule has 0 fully saturated rings. The van der Waals surface area contributed by atoms with Crippen LogP contribution in [0.5, 0.6) is 0 Å². The van der Waals surface area contributed by atoms with E-state index in [1.54, 1.807) is 0 Å². The van der Waals surface area contributed by atoms with E-state index < -0.39 is 0 Å². The minimum absolute atomic E-state index is 0.344. The Morgan fingerprint density at radius 3 is 1.68 bits per heavy atom. The van der Waals surface area contributed by atoms with Crippen LogP contribution in [0.15, 0.2) is 60.9 Å². The Labute approximate surface area is 111 Å². The van der Waals surface area contributed by atoms with Crippen molar-refractivity contribution in [3.8, 4) is 0 Å². The minimum Gasteiger partial charge on any atom is -0.225 e. The highest BCUT2D eigenvalue weighted by atomic mass is 31.1. The third-order valence-corrected chi connectivity index (χ3v) is 4.24. The van der Waals surface area contributed by atoms with E-state index in [1.165, 1.54) is 0 Å². The fourth-order valence-corrected chi connectivity index (χ4v) is 3.21. The zero-order valence-electron chi connectivity index (χ0n) is 10.1. The first kappa shape index (κ1) is 10.7. The van der Waals surface area contributed by atoms with Gasteiger partial charge in [-0.3, -0.25) is 0 Å². The number of hydrogen-bond acceptors (Lipinski definition) is 2. The molecule has 19 heavy (non-hydrogen) atoms. The smallest absolute Gasteiger partial charge is 0.127 e. The first-order valence-corrected chi connectivity index (χ1v) is 6.94. The minimum atomic E-state index is 0.344. The standard InChI is InChI=1S/C14H11N4P/c1-3-7-13-11(5-1)9-15-17(13)19-18-14-8-4-2-6-12(14)10-16-18/h1-10,19H. The first-order chi connectivity index (χ1) is 9.42. The molecule has 2 aromatic heterocycles. The van der Waals surface area contributed by atoms with E-state index in [4.69, 9.17) is 0 Å². The normalized spacial score (nSPS) is 11.4. The van der Waals surface area contributed by atoms with Crippen LogP contribution >= 0.6 is 8.88 Å².